The van der Waals surface area contributed by atoms with E-state index >= 15 is 0 Å². The molecule has 0 spiro atoms. The number of aromatic hydroxyl groups is 1. The molecule has 1 aliphatic heterocycles. The summed E-state index contributed by atoms with van der Waals surface area (Å²) < 4.78 is 0. The SMILES string of the molecule is CC1=NN(c2ccc(C(=O)N(C)Cc3ccc(O)cc3)cc2)CC1. The van der Waals surface area contributed by atoms with Crippen LogP contribution in [0.15, 0.2) is 53.6 Å². The summed E-state index contributed by atoms with van der Waals surface area (Å²) in [5.41, 5.74) is 3.76. The van der Waals surface area contributed by atoms with Gasteiger partial charge in [-0.25, -0.2) is 0 Å². The second-order valence-electron chi connectivity index (χ2n) is 6.08. The molecule has 0 bridgehead atoms. The average molecular weight is 323 g/mol. The van der Waals surface area contributed by atoms with Gasteiger partial charge in [0.2, 0.25) is 0 Å². The van der Waals surface area contributed by atoms with Crippen LogP contribution >= 0.6 is 0 Å². The van der Waals surface area contributed by atoms with E-state index < -0.39 is 0 Å². The highest BCUT2D eigenvalue weighted by Crippen LogP contribution is 2.20. The molecule has 0 radical (unpaired) electrons. The van der Waals surface area contributed by atoms with Crippen LogP contribution in [0.4, 0.5) is 5.69 Å². The van der Waals surface area contributed by atoms with Gasteiger partial charge < -0.3 is 10.0 Å². The number of carbonyl (C=O) groups excluding carboxylic acids is 1. The summed E-state index contributed by atoms with van der Waals surface area (Å²) in [6, 6.07) is 14.4. The van der Waals surface area contributed by atoms with Gasteiger partial charge in [-0.05, 0) is 48.9 Å². The molecule has 5 heteroatoms. The summed E-state index contributed by atoms with van der Waals surface area (Å²) in [5, 5.41) is 15.7. The van der Waals surface area contributed by atoms with E-state index in [0.29, 0.717) is 12.1 Å². The highest BCUT2D eigenvalue weighted by molar-refractivity contribution is 5.94. The minimum Gasteiger partial charge on any atom is -0.508 e. The number of benzene rings is 2. The Hall–Kier alpha value is -2.82. The molecule has 124 valence electrons. The summed E-state index contributed by atoms with van der Waals surface area (Å²) in [7, 11) is 1.78. The van der Waals surface area contributed by atoms with Crippen molar-refractivity contribution < 1.29 is 9.90 Å². The van der Waals surface area contributed by atoms with Crippen molar-refractivity contribution in [2.75, 3.05) is 18.6 Å². The number of amides is 1. The fourth-order valence-corrected chi connectivity index (χ4v) is 2.70. The summed E-state index contributed by atoms with van der Waals surface area (Å²) in [4.78, 5) is 14.2. The molecule has 1 aliphatic rings. The lowest BCUT2D eigenvalue weighted by molar-refractivity contribution is 0.0785. The van der Waals surface area contributed by atoms with Crippen molar-refractivity contribution in [3.63, 3.8) is 0 Å². The molecule has 1 amide bonds. The molecular formula is C19H21N3O2. The summed E-state index contributed by atoms with van der Waals surface area (Å²) in [6.45, 7) is 3.41. The normalized spacial score (nSPS) is 13.8. The number of hydrogen-bond acceptors (Lipinski definition) is 4. The molecule has 0 saturated carbocycles. The van der Waals surface area contributed by atoms with Crippen LogP contribution in [0.1, 0.15) is 29.3 Å². The fourth-order valence-electron chi connectivity index (χ4n) is 2.70. The van der Waals surface area contributed by atoms with Crippen molar-refractivity contribution in [2.24, 2.45) is 5.10 Å². The predicted octanol–water partition coefficient (Wildman–Crippen LogP) is 3.25. The molecule has 3 rings (SSSR count). The predicted molar refractivity (Wildman–Crippen MR) is 95.4 cm³/mol. The van der Waals surface area contributed by atoms with Gasteiger partial charge in [0, 0.05) is 37.8 Å². The number of phenolic OH excluding ortho intramolecular Hbond substituents is 1. The maximum atomic E-state index is 12.5. The smallest absolute Gasteiger partial charge is 0.253 e. The third-order valence-electron chi connectivity index (χ3n) is 4.09. The Morgan fingerprint density at radius 2 is 1.83 bits per heavy atom. The van der Waals surface area contributed by atoms with Gasteiger partial charge in [0.15, 0.2) is 0 Å². The quantitative estimate of drug-likeness (QED) is 0.939. The third-order valence-corrected chi connectivity index (χ3v) is 4.09. The van der Waals surface area contributed by atoms with Gasteiger partial charge in [0.1, 0.15) is 5.75 Å². The van der Waals surface area contributed by atoms with E-state index in [1.165, 1.54) is 0 Å². The molecule has 0 saturated heterocycles. The maximum Gasteiger partial charge on any atom is 0.253 e. The van der Waals surface area contributed by atoms with Crippen LogP contribution < -0.4 is 5.01 Å². The van der Waals surface area contributed by atoms with Crippen LogP contribution in [-0.4, -0.2) is 35.2 Å². The summed E-state index contributed by atoms with van der Waals surface area (Å²) in [6.07, 6.45) is 0.982. The minimum absolute atomic E-state index is 0.0317. The molecule has 0 aromatic heterocycles. The first-order chi connectivity index (χ1) is 11.5. The largest absolute Gasteiger partial charge is 0.508 e. The minimum atomic E-state index is -0.0317. The number of hydrazone groups is 1. The van der Waals surface area contributed by atoms with Gasteiger partial charge in [0.05, 0.1) is 5.69 Å². The fraction of sp³-hybridized carbons (Fsp3) is 0.263. The van der Waals surface area contributed by atoms with Gasteiger partial charge >= 0.3 is 0 Å². The molecule has 1 N–H and O–H groups in total. The number of phenols is 1. The van der Waals surface area contributed by atoms with E-state index in [0.717, 1.165) is 29.9 Å². The van der Waals surface area contributed by atoms with Crippen LogP contribution in [0, 0.1) is 0 Å². The van der Waals surface area contributed by atoms with E-state index in [-0.39, 0.29) is 11.7 Å². The maximum absolute atomic E-state index is 12.5. The van der Waals surface area contributed by atoms with Crippen molar-refractivity contribution in [2.45, 2.75) is 19.9 Å². The zero-order valence-electron chi connectivity index (χ0n) is 13.9. The lowest BCUT2D eigenvalue weighted by Gasteiger charge is -2.18. The molecule has 5 nitrogen and oxygen atoms in total. The molecule has 0 atom stereocenters. The third kappa shape index (κ3) is 3.56. The Morgan fingerprint density at radius 1 is 1.17 bits per heavy atom. The van der Waals surface area contributed by atoms with E-state index in [1.54, 1.807) is 24.1 Å². The first-order valence-corrected chi connectivity index (χ1v) is 7.98. The monoisotopic (exact) mass is 323 g/mol. The van der Waals surface area contributed by atoms with Crippen molar-refractivity contribution in [3.8, 4) is 5.75 Å². The summed E-state index contributed by atoms with van der Waals surface area (Å²) >= 11 is 0. The van der Waals surface area contributed by atoms with E-state index in [2.05, 4.69) is 5.10 Å². The Kier molecular flexibility index (Phi) is 4.51. The molecule has 2 aromatic rings. The molecule has 0 aliphatic carbocycles. The lowest BCUT2D eigenvalue weighted by Crippen LogP contribution is -2.26. The Bertz CT molecular complexity index is 751. The zero-order chi connectivity index (χ0) is 17.1. The van der Waals surface area contributed by atoms with Gasteiger partial charge in [-0.1, -0.05) is 12.1 Å². The van der Waals surface area contributed by atoms with Gasteiger partial charge in [-0.3, -0.25) is 9.80 Å². The molecule has 0 fully saturated rings. The average Bonchev–Trinajstić information content (AvgIpc) is 3.03. The van der Waals surface area contributed by atoms with Crippen LogP contribution in [0.5, 0.6) is 5.75 Å². The van der Waals surface area contributed by atoms with E-state index in [9.17, 15) is 9.90 Å². The zero-order valence-corrected chi connectivity index (χ0v) is 13.9. The second-order valence-corrected chi connectivity index (χ2v) is 6.08. The van der Waals surface area contributed by atoms with Crippen molar-refractivity contribution in [1.82, 2.24) is 4.90 Å². The number of hydrogen-bond donors (Lipinski definition) is 1. The van der Waals surface area contributed by atoms with Crippen molar-refractivity contribution in [3.05, 3.63) is 59.7 Å². The Labute approximate surface area is 141 Å². The number of rotatable bonds is 4. The van der Waals surface area contributed by atoms with Crippen molar-refractivity contribution >= 4 is 17.3 Å². The standard InChI is InChI=1S/C19H21N3O2/c1-14-11-12-22(20-14)17-7-5-16(6-8-17)19(24)21(2)13-15-3-9-18(23)10-4-15/h3-10,23H,11-13H2,1-2H3. The van der Waals surface area contributed by atoms with Crippen LogP contribution in [0.2, 0.25) is 0 Å². The van der Waals surface area contributed by atoms with Crippen molar-refractivity contribution in [1.29, 1.82) is 0 Å². The first kappa shape index (κ1) is 16.1. The van der Waals surface area contributed by atoms with Gasteiger partial charge in [0.25, 0.3) is 5.91 Å². The highest BCUT2D eigenvalue weighted by atomic mass is 16.3. The van der Waals surface area contributed by atoms with E-state index in [4.69, 9.17) is 0 Å². The van der Waals surface area contributed by atoms with E-state index in [1.807, 2.05) is 48.3 Å². The topological polar surface area (TPSA) is 56.1 Å². The summed E-state index contributed by atoms with van der Waals surface area (Å²) in [5.74, 6) is 0.193. The van der Waals surface area contributed by atoms with Crippen LogP contribution in [0.25, 0.3) is 0 Å². The number of anilines is 1. The molecular weight excluding hydrogens is 302 g/mol. The molecule has 2 aromatic carbocycles. The molecule has 24 heavy (non-hydrogen) atoms. The van der Waals surface area contributed by atoms with Gasteiger partial charge in [-0.15, -0.1) is 0 Å². The second kappa shape index (κ2) is 6.74. The highest BCUT2D eigenvalue weighted by Gasteiger charge is 2.15. The lowest BCUT2D eigenvalue weighted by atomic mass is 10.1. The van der Waals surface area contributed by atoms with Crippen LogP contribution in [0.3, 0.4) is 0 Å². The first-order valence-electron chi connectivity index (χ1n) is 7.98. The number of nitrogens with zero attached hydrogens (tertiary/aromatic N) is 3. The Balaban J connectivity index is 1.67. The van der Waals surface area contributed by atoms with Gasteiger partial charge in [-0.2, -0.15) is 5.10 Å². The molecule has 0 unspecified atom stereocenters. The number of carbonyl (C=O) groups is 1. The Morgan fingerprint density at radius 3 is 2.42 bits per heavy atom. The molecule has 1 heterocycles. The van der Waals surface area contributed by atoms with Crippen LogP contribution in [-0.2, 0) is 6.54 Å².